The molecule has 4 rings (SSSR count). The summed E-state index contributed by atoms with van der Waals surface area (Å²) < 4.78 is 23.9. The first kappa shape index (κ1) is 22.0. The standard InChI is InChI=1S/C26H38O4/c1-18(15-27-21-12-9-20(10-13-21)24-26(4,5)17-29-24)30-22-8-6-7-19(11-14-22)23-25(2,3)16-28-23/h7,9-12,14,18,21-24H,6,8,13,15-17H2,1-5H3. The molecule has 30 heavy (non-hydrogen) atoms. The second kappa shape index (κ2) is 8.74. The van der Waals surface area contributed by atoms with Crippen LogP contribution in [0.3, 0.4) is 0 Å². The summed E-state index contributed by atoms with van der Waals surface area (Å²) in [6.07, 6.45) is 17.0. The summed E-state index contributed by atoms with van der Waals surface area (Å²) in [6.45, 7) is 13.5. The molecule has 166 valence electrons. The van der Waals surface area contributed by atoms with Gasteiger partial charge in [-0.2, -0.15) is 0 Å². The molecular weight excluding hydrogens is 376 g/mol. The van der Waals surface area contributed by atoms with E-state index in [9.17, 15) is 0 Å². The molecule has 4 heteroatoms. The maximum absolute atomic E-state index is 6.26. The van der Waals surface area contributed by atoms with E-state index in [4.69, 9.17) is 18.9 Å². The molecule has 0 radical (unpaired) electrons. The Labute approximate surface area is 182 Å². The van der Waals surface area contributed by atoms with Gasteiger partial charge in [0.25, 0.3) is 0 Å². The quantitative estimate of drug-likeness (QED) is 0.577. The Morgan fingerprint density at radius 1 is 0.933 bits per heavy atom. The molecule has 0 amide bonds. The zero-order valence-electron chi connectivity index (χ0n) is 19.2. The average molecular weight is 415 g/mol. The molecule has 2 saturated heterocycles. The van der Waals surface area contributed by atoms with Gasteiger partial charge in [-0.15, -0.1) is 0 Å². The van der Waals surface area contributed by atoms with Gasteiger partial charge in [0.05, 0.1) is 50.3 Å². The van der Waals surface area contributed by atoms with E-state index in [1.807, 2.05) is 0 Å². The lowest BCUT2D eigenvalue weighted by atomic mass is 9.77. The Hall–Kier alpha value is -1.20. The highest BCUT2D eigenvalue weighted by Gasteiger charge is 2.42. The summed E-state index contributed by atoms with van der Waals surface area (Å²) in [4.78, 5) is 0. The molecule has 0 aromatic heterocycles. The fourth-order valence-electron chi connectivity index (χ4n) is 4.73. The zero-order chi connectivity index (χ0) is 21.4. The summed E-state index contributed by atoms with van der Waals surface area (Å²) >= 11 is 0. The van der Waals surface area contributed by atoms with Crippen molar-refractivity contribution >= 4 is 0 Å². The summed E-state index contributed by atoms with van der Waals surface area (Å²) in [5, 5.41) is 0. The van der Waals surface area contributed by atoms with Gasteiger partial charge in [0.2, 0.25) is 0 Å². The van der Waals surface area contributed by atoms with Crippen molar-refractivity contribution in [3.63, 3.8) is 0 Å². The van der Waals surface area contributed by atoms with Gasteiger partial charge in [0, 0.05) is 10.8 Å². The molecule has 5 unspecified atom stereocenters. The smallest absolute Gasteiger partial charge is 0.0894 e. The highest BCUT2D eigenvalue weighted by atomic mass is 16.5. The third-order valence-corrected chi connectivity index (χ3v) is 6.64. The number of allylic oxidation sites excluding steroid dienone is 1. The SMILES string of the molecule is CC(COC1C=CC(C2OCC2(C)C)=CC1)OC1C=CC(C2OCC2(C)C)=CCC1. The van der Waals surface area contributed by atoms with E-state index < -0.39 is 0 Å². The first-order valence-electron chi connectivity index (χ1n) is 11.5. The first-order valence-corrected chi connectivity index (χ1v) is 11.5. The van der Waals surface area contributed by atoms with Crippen LogP contribution in [0.25, 0.3) is 0 Å². The number of rotatable bonds is 7. The van der Waals surface area contributed by atoms with Crippen molar-refractivity contribution in [2.24, 2.45) is 10.8 Å². The molecule has 4 nitrogen and oxygen atoms in total. The lowest BCUT2D eigenvalue weighted by Crippen LogP contribution is -2.48. The normalized spacial score (nSPS) is 35.5. The van der Waals surface area contributed by atoms with Crippen molar-refractivity contribution in [3.8, 4) is 0 Å². The van der Waals surface area contributed by atoms with E-state index in [2.05, 4.69) is 71.1 Å². The van der Waals surface area contributed by atoms with Gasteiger partial charge in [0.15, 0.2) is 0 Å². The zero-order valence-corrected chi connectivity index (χ0v) is 19.2. The predicted octanol–water partition coefficient (Wildman–Crippen LogP) is 5.16. The van der Waals surface area contributed by atoms with Crippen molar-refractivity contribution in [1.29, 1.82) is 0 Å². The molecule has 2 fully saturated rings. The van der Waals surface area contributed by atoms with Crippen molar-refractivity contribution in [1.82, 2.24) is 0 Å². The number of hydrogen-bond donors (Lipinski definition) is 0. The van der Waals surface area contributed by atoms with Crippen LogP contribution in [0.4, 0.5) is 0 Å². The molecule has 0 aromatic rings. The molecule has 0 N–H and O–H groups in total. The topological polar surface area (TPSA) is 36.9 Å². The lowest BCUT2D eigenvalue weighted by molar-refractivity contribution is -0.145. The molecule has 5 atom stereocenters. The van der Waals surface area contributed by atoms with Crippen molar-refractivity contribution < 1.29 is 18.9 Å². The summed E-state index contributed by atoms with van der Waals surface area (Å²) in [5.74, 6) is 0. The van der Waals surface area contributed by atoms with Crippen LogP contribution < -0.4 is 0 Å². The van der Waals surface area contributed by atoms with Crippen LogP contribution in [0, 0.1) is 10.8 Å². The van der Waals surface area contributed by atoms with Crippen LogP contribution in [0.5, 0.6) is 0 Å². The molecule has 0 saturated carbocycles. The molecule has 0 aromatic carbocycles. The summed E-state index contributed by atoms with van der Waals surface area (Å²) in [6, 6.07) is 0. The van der Waals surface area contributed by atoms with Gasteiger partial charge in [-0.25, -0.2) is 0 Å². The largest absolute Gasteiger partial charge is 0.372 e. The Morgan fingerprint density at radius 3 is 2.03 bits per heavy atom. The van der Waals surface area contributed by atoms with Gasteiger partial charge in [0.1, 0.15) is 0 Å². The molecule has 4 aliphatic rings. The van der Waals surface area contributed by atoms with Gasteiger partial charge in [-0.3, -0.25) is 0 Å². The Morgan fingerprint density at radius 2 is 1.53 bits per heavy atom. The minimum absolute atomic E-state index is 0.0604. The molecule has 2 aliphatic heterocycles. The van der Waals surface area contributed by atoms with E-state index >= 15 is 0 Å². The highest BCUT2D eigenvalue weighted by molar-refractivity contribution is 5.32. The second-order valence-electron chi connectivity index (χ2n) is 10.7. The fraction of sp³-hybridized carbons (Fsp3) is 0.692. The molecule has 0 spiro atoms. The van der Waals surface area contributed by atoms with Crippen LogP contribution in [-0.4, -0.2) is 50.3 Å². The second-order valence-corrected chi connectivity index (χ2v) is 10.7. The summed E-state index contributed by atoms with van der Waals surface area (Å²) in [5.41, 5.74) is 3.07. The Kier molecular flexibility index (Phi) is 6.41. The average Bonchev–Trinajstić information content (AvgIpc) is 2.91. The van der Waals surface area contributed by atoms with Gasteiger partial charge >= 0.3 is 0 Å². The number of hydrogen-bond acceptors (Lipinski definition) is 4. The molecule has 2 heterocycles. The van der Waals surface area contributed by atoms with E-state index in [0.29, 0.717) is 6.61 Å². The Balaban J connectivity index is 1.19. The van der Waals surface area contributed by atoms with Crippen LogP contribution in [0.15, 0.2) is 47.6 Å². The van der Waals surface area contributed by atoms with Crippen molar-refractivity contribution in [2.75, 3.05) is 19.8 Å². The van der Waals surface area contributed by atoms with Crippen LogP contribution in [0.1, 0.15) is 53.9 Å². The van der Waals surface area contributed by atoms with Gasteiger partial charge in [-0.1, -0.05) is 64.2 Å². The van der Waals surface area contributed by atoms with Gasteiger partial charge < -0.3 is 18.9 Å². The maximum atomic E-state index is 6.26. The van der Waals surface area contributed by atoms with E-state index in [0.717, 1.165) is 32.5 Å². The lowest BCUT2D eigenvalue weighted by Gasteiger charge is -2.45. The van der Waals surface area contributed by atoms with Gasteiger partial charge in [-0.05, 0) is 37.3 Å². The van der Waals surface area contributed by atoms with E-state index in [1.165, 1.54) is 11.1 Å². The maximum Gasteiger partial charge on any atom is 0.0894 e. The van der Waals surface area contributed by atoms with Crippen LogP contribution in [0.2, 0.25) is 0 Å². The number of ether oxygens (including phenoxy) is 4. The van der Waals surface area contributed by atoms with Crippen LogP contribution in [-0.2, 0) is 18.9 Å². The monoisotopic (exact) mass is 414 g/mol. The third kappa shape index (κ3) is 4.83. The minimum atomic E-state index is 0.0604. The summed E-state index contributed by atoms with van der Waals surface area (Å²) in [7, 11) is 0. The fourth-order valence-corrected chi connectivity index (χ4v) is 4.73. The van der Waals surface area contributed by atoms with E-state index in [-0.39, 0.29) is 41.3 Å². The predicted molar refractivity (Wildman–Crippen MR) is 119 cm³/mol. The highest BCUT2D eigenvalue weighted by Crippen LogP contribution is 2.40. The van der Waals surface area contributed by atoms with Crippen LogP contribution >= 0.6 is 0 Å². The third-order valence-electron chi connectivity index (χ3n) is 6.64. The Bertz CT molecular complexity index is 742. The van der Waals surface area contributed by atoms with Crippen molar-refractivity contribution in [3.05, 3.63) is 47.6 Å². The molecule has 2 aliphatic carbocycles. The molecular formula is C26H38O4. The minimum Gasteiger partial charge on any atom is -0.372 e. The first-order chi connectivity index (χ1) is 14.2. The van der Waals surface area contributed by atoms with E-state index in [1.54, 1.807) is 0 Å². The van der Waals surface area contributed by atoms with Crippen molar-refractivity contribution in [2.45, 2.75) is 84.4 Å². The molecule has 0 bridgehead atoms.